The van der Waals surface area contributed by atoms with E-state index in [0.717, 1.165) is 16.5 Å². The molecule has 3 aromatic carbocycles. The Morgan fingerprint density at radius 1 is 0.889 bits per heavy atom. The van der Waals surface area contributed by atoms with Crippen LogP contribution in [0, 0.1) is 0 Å². The van der Waals surface area contributed by atoms with Crippen LogP contribution >= 0.6 is 0 Å². The minimum absolute atomic E-state index is 0.114. The highest BCUT2D eigenvalue weighted by atomic mass is 16.6. The molecule has 4 nitrogen and oxygen atoms in total. The lowest BCUT2D eigenvalue weighted by Gasteiger charge is -2.20. The van der Waals surface area contributed by atoms with Crippen molar-refractivity contribution < 1.29 is 19.1 Å². The van der Waals surface area contributed by atoms with Crippen molar-refractivity contribution in [2.24, 2.45) is 0 Å². The first kappa shape index (κ1) is 18.4. The van der Waals surface area contributed by atoms with Crippen molar-refractivity contribution in [2.75, 3.05) is 0 Å². The van der Waals surface area contributed by atoms with Gasteiger partial charge in [0.1, 0.15) is 0 Å². The average molecular weight is 360 g/mol. The third-order valence-electron chi connectivity index (χ3n) is 4.22. The quantitative estimate of drug-likeness (QED) is 0.365. The van der Waals surface area contributed by atoms with E-state index in [4.69, 9.17) is 9.47 Å². The molecule has 136 valence electrons. The van der Waals surface area contributed by atoms with E-state index in [1.807, 2.05) is 60.7 Å². The van der Waals surface area contributed by atoms with Gasteiger partial charge in [0.2, 0.25) is 0 Å². The van der Waals surface area contributed by atoms with Crippen LogP contribution in [-0.2, 0) is 9.59 Å². The summed E-state index contributed by atoms with van der Waals surface area (Å²) in [4.78, 5) is 23.2. The van der Waals surface area contributed by atoms with Crippen molar-refractivity contribution in [2.45, 2.75) is 19.8 Å². The molecule has 0 heterocycles. The van der Waals surface area contributed by atoms with E-state index < -0.39 is 11.9 Å². The van der Waals surface area contributed by atoms with E-state index in [1.54, 1.807) is 6.07 Å². The summed E-state index contributed by atoms with van der Waals surface area (Å²) in [5.41, 5.74) is 1.98. The van der Waals surface area contributed by atoms with Crippen LogP contribution in [0.2, 0.25) is 0 Å². The molecule has 0 amide bonds. The van der Waals surface area contributed by atoms with E-state index in [0.29, 0.717) is 5.39 Å². The standard InChI is InChI=1S/C23H20O4/c1-4-18(17-10-6-5-7-11-17)21-14-22(26-15(2)24)23(27-16(3)25)20-13-9-8-12-19(20)21/h4-14,18H,1H2,2-3H3. The third kappa shape index (κ3) is 3.90. The lowest BCUT2D eigenvalue weighted by atomic mass is 9.87. The number of carbonyl (C=O) groups is 2. The first-order chi connectivity index (χ1) is 13.0. The molecule has 0 aliphatic rings. The number of ether oxygens (including phenoxy) is 2. The first-order valence-electron chi connectivity index (χ1n) is 8.61. The first-order valence-corrected chi connectivity index (χ1v) is 8.61. The number of allylic oxidation sites excluding steroid dienone is 1. The molecule has 0 spiro atoms. The zero-order chi connectivity index (χ0) is 19.4. The highest BCUT2D eigenvalue weighted by Crippen LogP contribution is 2.42. The van der Waals surface area contributed by atoms with Gasteiger partial charge in [-0.25, -0.2) is 0 Å². The van der Waals surface area contributed by atoms with Crippen LogP contribution in [0.3, 0.4) is 0 Å². The van der Waals surface area contributed by atoms with Gasteiger partial charge in [0.25, 0.3) is 0 Å². The lowest BCUT2D eigenvalue weighted by molar-refractivity contribution is -0.134. The van der Waals surface area contributed by atoms with Crippen LogP contribution in [-0.4, -0.2) is 11.9 Å². The van der Waals surface area contributed by atoms with Crippen molar-refractivity contribution in [1.29, 1.82) is 0 Å². The molecule has 0 aliphatic heterocycles. The Morgan fingerprint density at radius 2 is 1.48 bits per heavy atom. The summed E-state index contributed by atoms with van der Waals surface area (Å²) >= 11 is 0. The molecule has 0 saturated carbocycles. The topological polar surface area (TPSA) is 52.6 Å². The van der Waals surface area contributed by atoms with Crippen LogP contribution in [0.5, 0.6) is 11.5 Å². The fraction of sp³-hybridized carbons (Fsp3) is 0.130. The van der Waals surface area contributed by atoms with Crippen LogP contribution in [0.1, 0.15) is 30.9 Å². The molecule has 1 atom stereocenters. The molecular weight excluding hydrogens is 340 g/mol. The van der Waals surface area contributed by atoms with Crippen molar-refractivity contribution in [1.82, 2.24) is 0 Å². The Kier molecular flexibility index (Phi) is 5.36. The van der Waals surface area contributed by atoms with Gasteiger partial charge in [-0.1, -0.05) is 60.7 Å². The third-order valence-corrected chi connectivity index (χ3v) is 4.22. The molecule has 0 radical (unpaired) electrons. The molecule has 0 saturated heterocycles. The van der Waals surface area contributed by atoms with E-state index in [9.17, 15) is 9.59 Å². The van der Waals surface area contributed by atoms with E-state index in [2.05, 4.69) is 6.58 Å². The summed E-state index contributed by atoms with van der Waals surface area (Å²) in [6.45, 7) is 6.62. The second-order valence-electron chi connectivity index (χ2n) is 6.15. The maximum atomic E-state index is 11.6. The minimum Gasteiger partial charge on any atom is -0.423 e. The maximum absolute atomic E-state index is 11.6. The van der Waals surface area contributed by atoms with Gasteiger partial charge in [0, 0.05) is 25.2 Å². The van der Waals surface area contributed by atoms with Gasteiger partial charge in [-0.15, -0.1) is 6.58 Å². The Morgan fingerprint density at radius 3 is 2.07 bits per heavy atom. The Bertz CT molecular complexity index is 1010. The minimum atomic E-state index is -0.487. The number of carbonyl (C=O) groups excluding carboxylic acids is 2. The number of rotatable bonds is 5. The van der Waals surface area contributed by atoms with Crippen molar-refractivity contribution in [3.63, 3.8) is 0 Å². The summed E-state index contributed by atoms with van der Waals surface area (Å²) in [5, 5.41) is 1.60. The summed E-state index contributed by atoms with van der Waals surface area (Å²) in [5.74, 6) is -0.622. The summed E-state index contributed by atoms with van der Waals surface area (Å²) in [6, 6.07) is 19.2. The van der Waals surface area contributed by atoms with Crippen LogP contribution < -0.4 is 9.47 Å². The highest BCUT2D eigenvalue weighted by Gasteiger charge is 2.21. The number of esters is 2. The van der Waals surface area contributed by atoms with Crippen LogP contribution in [0.25, 0.3) is 10.8 Å². The zero-order valence-electron chi connectivity index (χ0n) is 15.3. The molecule has 0 fully saturated rings. The smallest absolute Gasteiger partial charge is 0.308 e. The Hall–Kier alpha value is -3.40. The van der Waals surface area contributed by atoms with Gasteiger partial charge < -0.3 is 9.47 Å². The predicted molar refractivity (Wildman–Crippen MR) is 105 cm³/mol. The highest BCUT2D eigenvalue weighted by molar-refractivity contribution is 5.96. The second-order valence-corrected chi connectivity index (χ2v) is 6.15. The van der Waals surface area contributed by atoms with Gasteiger partial charge in [-0.3, -0.25) is 9.59 Å². The predicted octanol–water partition coefficient (Wildman–Crippen LogP) is 5.01. The summed E-state index contributed by atoms with van der Waals surface area (Å²) < 4.78 is 10.8. The number of hydrogen-bond acceptors (Lipinski definition) is 4. The molecule has 3 rings (SSSR count). The molecule has 0 aromatic heterocycles. The van der Waals surface area contributed by atoms with Crippen molar-refractivity contribution in [3.05, 3.63) is 84.4 Å². The van der Waals surface area contributed by atoms with Gasteiger partial charge in [-0.05, 0) is 22.6 Å². The SMILES string of the molecule is C=CC(c1ccccc1)c1cc(OC(C)=O)c(OC(C)=O)c2ccccc12. The summed E-state index contributed by atoms with van der Waals surface area (Å²) in [6.07, 6.45) is 1.85. The van der Waals surface area contributed by atoms with Gasteiger partial charge in [0.05, 0.1) is 0 Å². The van der Waals surface area contributed by atoms with Gasteiger partial charge in [-0.2, -0.15) is 0 Å². The maximum Gasteiger partial charge on any atom is 0.308 e. The van der Waals surface area contributed by atoms with Gasteiger partial charge in [0.15, 0.2) is 11.5 Å². The van der Waals surface area contributed by atoms with Crippen LogP contribution in [0.4, 0.5) is 0 Å². The van der Waals surface area contributed by atoms with Crippen molar-refractivity contribution >= 4 is 22.7 Å². The molecule has 0 N–H and O–H groups in total. The zero-order valence-corrected chi connectivity index (χ0v) is 15.3. The largest absolute Gasteiger partial charge is 0.423 e. The monoisotopic (exact) mass is 360 g/mol. The Labute approximate surface area is 158 Å². The average Bonchev–Trinajstić information content (AvgIpc) is 2.65. The molecule has 3 aromatic rings. The molecule has 1 unspecified atom stereocenters. The van der Waals surface area contributed by atoms with E-state index in [1.165, 1.54) is 13.8 Å². The van der Waals surface area contributed by atoms with Crippen molar-refractivity contribution in [3.8, 4) is 11.5 Å². The Balaban J connectivity index is 2.31. The van der Waals surface area contributed by atoms with Crippen LogP contribution in [0.15, 0.2) is 73.3 Å². The van der Waals surface area contributed by atoms with E-state index in [-0.39, 0.29) is 17.4 Å². The molecule has 0 aliphatic carbocycles. The molecule has 0 bridgehead atoms. The second kappa shape index (κ2) is 7.87. The normalized spacial score (nSPS) is 11.6. The van der Waals surface area contributed by atoms with E-state index >= 15 is 0 Å². The lowest BCUT2D eigenvalue weighted by Crippen LogP contribution is -2.09. The molecular formula is C23H20O4. The number of hydrogen-bond donors (Lipinski definition) is 0. The molecule has 27 heavy (non-hydrogen) atoms. The number of fused-ring (bicyclic) bond motifs is 1. The summed E-state index contributed by atoms with van der Waals surface area (Å²) in [7, 11) is 0. The van der Waals surface area contributed by atoms with Gasteiger partial charge >= 0.3 is 11.9 Å². The molecule has 4 heteroatoms. The fourth-order valence-electron chi connectivity index (χ4n) is 3.19. The fourth-order valence-corrected chi connectivity index (χ4v) is 3.19. The number of benzene rings is 3.